The van der Waals surface area contributed by atoms with Gasteiger partial charge >= 0.3 is 0 Å². The van der Waals surface area contributed by atoms with Gasteiger partial charge in [-0.05, 0) is 23.1 Å². The van der Waals surface area contributed by atoms with Gasteiger partial charge in [0.2, 0.25) is 11.8 Å². The van der Waals surface area contributed by atoms with E-state index >= 15 is 0 Å². The van der Waals surface area contributed by atoms with Crippen LogP contribution in [0.4, 0.5) is 0 Å². The van der Waals surface area contributed by atoms with Crippen LogP contribution in [0.5, 0.6) is 0 Å². The molecular formula is C26H43N6O5Y-. The van der Waals surface area contributed by atoms with Gasteiger partial charge in [-0.1, -0.05) is 58.9 Å². The molecule has 4 atom stereocenters. The van der Waals surface area contributed by atoms with E-state index in [9.17, 15) is 19.8 Å². The molecular weight excluding hydrogens is 565 g/mol. The fourth-order valence-electron chi connectivity index (χ4n) is 4.15. The van der Waals surface area contributed by atoms with Crippen LogP contribution < -0.4 is 10.8 Å². The summed E-state index contributed by atoms with van der Waals surface area (Å²) in [6.07, 6.45) is 1.10. The standard InChI is InChI=1S/C24H35N5O5.C2H6.H2N.Y/c1-15(2)16(3)24(33)28-13-19(31)12-22(28)23(32)27-20(14-30)17-4-6-18(7-5-17)21-8-9-25-29(21)11-10-26-34;1-2;;/h4-9,15-16,19-20,22,26,30-31,34H,10-14H2,1-3H3,(H,27,32);1-2H3;1H2;/q;;-1;. The van der Waals surface area contributed by atoms with Crippen molar-refractivity contribution >= 4 is 11.8 Å². The molecule has 11 nitrogen and oxygen atoms in total. The summed E-state index contributed by atoms with van der Waals surface area (Å²) < 4.78 is 1.76. The molecule has 0 aliphatic carbocycles. The number of hydrogen-bond acceptors (Lipinski definition) is 7. The average Bonchev–Trinajstić information content (AvgIpc) is 3.52. The number of nitrogens with one attached hydrogen (secondary N) is 2. The zero-order valence-electron chi connectivity index (χ0n) is 23.0. The van der Waals surface area contributed by atoms with Crippen molar-refractivity contribution in [3.63, 3.8) is 0 Å². The molecule has 38 heavy (non-hydrogen) atoms. The van der Waals surface area contributed by atoms with E-state index in [1.807, 2.05) is 65.0 Å². The van der Waals surface area contributed by atoms with Crippen LogP contribution in [0.1, 0.15) is 52.6 Å². The van der Waals surface area contributed by atoms with E-state index in [0.717, 1.165) is 16.8 Å². The van der Waals surface area contributed by atoms with E-state index in [1.165, 1.54) is 4.90 Å². The summed E-state index contributed by atoms with van der Waals surface area (Å²) in [6, 6.07) is 7.85. The van der Waals surface area contributed by atoms with E-state index in [2.05, 4.69) is 15.9 Å². The molecule has 0 bridgehead atoms. The molecule has 1 aliphatic rings. The molecule has 0 spiro atoms. The third kappa shape index (κ3) is 9.19. The Kier molecular flexibility index (Phi) is 17.0. The Morgan fingerprint density at radius 3 is 2.32 bits per heavy atom. The first-order valence-corrected chi connectivity index (χ1v) is 12.7. The second-order valence-corrected chi connectivity index (χ2v) is 9.14. The van der Waals surface area contributed by atoms with Crippen LogP contribution in [0.2, 0.25) is 0 Å². The zero-order valence-corrected chi connectivity index (χ0v) is 25.9. The van der Waals surface area contributed by atoms with Gasteiger partial charge in [-0.2, -0.15) is 5.10 Å². The summed E-state index contributed by atoms with van der Waals surface area (Å²) in [5, 5.41) is 36.0. The van der Waals surface area contributed by atoms with Gasteiger partial charge in [0.15, 0.2) is 0 Å². The molecule has 2 amide bonds. The van der Waals surface area contributed by atoms with Gasteiger partial charge in [0.1, 0.15) is 6.04 Å². The fraction of sp³-hybridized carbons (Fsp3) is 0.577. The number of aliphatic hydroxyl groups excluding tert-OH is 2. The SMILES string of the molecule is CC.CC(C)C(C)C(=O)N1CC(O)CC1C(=O)NC(CO)c1ccc(-c2ccnn2CCNO)cc1.[NH2-].[Y]. The van der Waals surface area contributed by atoms with Gasteiger partial charge in [-0.3, -0.25) is 14.3 Å². The van der Waals surface area contributed by atoms with Crippen molar-refractivity contribution in [2.24, 2.45) is 11.8 Å². The average molecular weight is 609 g/mol. The maximum atomic E-state index is 13.1. The van der Waals surface area contributed by atoms with Gasteiger partial charge in [0, 0.05) is 64.3 Å². The quantitative estimate of drug-likeness (QED) is 0.258. The summed E-state index contributed by atoms with van der Waals surface area (Å²) in [5.41, 5.74) is 4.61. The number of aromatic nitrogens is 2. The van der Waals surface area contributed by atoms with Crippen molar-refractivity contribution in [3.8, 4) is 11.3 Å². The molecule has 12 heteroatoms. The second-order valence-electron chi connectivity index (χ2n) is 9.14. The number of amides is 2. The van der Waals surface area contributed by atoms with Crippen LogP contribution in [0, 0.1) is 11.8 Å². The Bertz CT molecular complexity index is 971. The summed E-state index contributed by atoms with van der Waals surface area (Å²) in [7, 11) is 0. The van der Waals surface area contributed by atoms with E-state index in [4.69, 9.17) is 5.21 Å². The molecule has 1 saturated heterocycles. The third-order valence-electron chi connectivity index (χ3n) is 6.51. The maximum absolute atomic E-state index is 13.1. The first-order valence-electron chi connectivity index (χ1n) is 12.7. The Balaban J connectivity index is 0.00000334. The molecule has 211 valence electrons. The molecule has 3 rings (SSSR count). The topological polar surface area (TPSA) is 173 Å². The monoisotopic (exact) mass is 608 g/mol. The van der Waals surface area contributed by atoms with Crippen LogP contribution >= 0.6 is 0 Å². The predicted octanol–water partition coefficient (Wildman–Crippen LogP) is 2.67. The van der Waals surface area contributed by atoms with E-state index in [-0.39, 0.29) is 76.2 Å². The van der Waals surface area contributed by atoms with Crippen LogP contribution in [-0.4, -0.2) is 73.8 Å². The Labute approximate surface area is 250 Å². The van der Waals surface area contributed by atoms with E-state index < -0.39 is 24.1 Å². The number of β-amino-alcohol motifs (C(OH)–C–C–N with tert-alkyl or cyclic N) is 1. The van der Waals surface area contributed by atoms with Crippen molar-refractivity contribution in [2.45, 2.75) is 65.8 Å². The number of nitrogens with two attached hydrogens (primary N) is 1. The minimum absolute atomic E-state index is 0. The van der Waals surface area contributed by atoms with Crippen molar-refractivity contribution in [3.05, 3.63) is 48.2 Å². The summed E-state index contributed by atoms with van der Waals surface area (Å²) >= 11 is 0. The molecule has 4 unspecified atom stereocenters. The third-order valence-corrected chi connectivity index (χ3v) is 6.51. The van der Waals surface area contributed by atoms with Crippen LogP contribution in [-0.2, 0) is 48.8 Å². The Morgan fingerprint density at radius 2 is 1.76 bits per heavy atom. The summed E-state index contributed by atoms with van der Waals surface area (Å²) in [6.45, 7) is 10.4. The number of aliphatic hydroxyl groups is 2. The van der Waals surface area contributed by atoms with Crippen molar-refractivity contribution in [1.82, 2.24) is 25.5 Å². The number of hydroxylamine groups is 1. The van der Waals surface area contributed by atoms with Crippen LogP contribution in [0.3, 0.4) is 0 Å². The number of likely N-dealkylation sites (tertiary alicyclic amines) is 1. The first-order chi connectivity index (χ1) is 17.3. The van der Waals surface area contributed by atoms with Crippen molar-refractivity contribution < 1.29 is 57.7 Å². The van der Waals surface area contributed by atoms with Crippen molar-refractivity contribution in [1.29, 1.82) is 0 Å². The Hall–Kier alpha value is -1.73. The fourth-order valence-corrected chi connectivity index (χ4v) is 4.15. The largest absolute Gasteiger partial charge is 0.693 e. The maximum Gasteiger partial charge on any atom is 0.243 e. The zero-order chi connectivity index (χ0) is 26.8. The second kappa shape index (κ2) is 17.8. The minimum atomic E-state index is -0.772. The molecule has 7 N–H and O–H groups in total. The van der Waals surface area contributed by atoms with E-state index in [1.54, 1.807) is 10.9 Å². The number of carbonyl (C=O) groups excluding carboxylic acids is 2. The molecule has 1 aromatic carbocycles. The smallest absolute Gasteiger partial charge is 0.243 e. The van der Waals surface area contributed by atoms with Gasteiger partial charge in [0.05, 0.1) is 31.0 Å². The molecule has 1 aliphatic heterocycles. The van der Waals surface area contributed by atoms with Gasteiger partial charge in [-0.15, -0.1) is 0 Å². The van der Waals surface area contributed by atoms with Gasteiger partial charge < -0.3 is 31.8 Å². The Morgan fingerprint density at radius 1 is 1.13 bits per heavy atom. The van der Waals surface area contributed by atoms with Crippen molar-refractivity contribution in [2.75, 3.05) is 19.7 Å². The van der Waals surface area contributed by atoms with Gasteiger partial charge in [-0.25, -0.2) is 5.48 Å². The molecule has 1 fully saturated rings. The molecule has 1 radical (unpaired) electrons. The summed E-state index contributed by atoms with van der Waals surface area (Å²) in [4.78, 5) is 27.4. The molecule has 2 heterocycles. The van der Waals surface area contributed by atoms with E-state index in [0.29, 0.717) is 13.1 Å². The molecule has 2 aromatic rings. The number of rotatable bonds is 10. The van der Waals surface area contributed by atoms with Crippen LogP contribution in [0.25, 0.3) is 17.4 Å². The number of benzene rings is 1. The number of carbonyl (C=O) groups is 2. The number of nitrogens with zero attached hydrogens (tertiary/aromatic N) is 3. The summed E-state index contributed by atoms with van der Waals surface area (Å²) in [5.74, 6) is -0.680. The molecule has 1 aromatic heterocycles. The molecule has 0 saturated carbocycles. The first kappa shape index (κ1) is 36.3. The normalized spacial score (nSPS) is 18.0. The predicted molar refractivity (Wildman–Crippen MR) is 142 cm³/mol. The number of hydrogen-bond donors (Lipinski definition) is 5. The minimum Gasteiger partial charge on any atom is -0.693 e. The van der Waals surface area contributed by atoms with Crippen LogP contribution in [0.15, 0.2) is 36.5 Å². The van der Waals surface area contributed by atoms with Gasteiger partial charge in [0.25, 0.3) is 0 Å².